The van der Waals surface area contributed by atoms with E-state index >= 15 is 0 Å². The van der Waals surface area contributed by atoms with Gasteiger partial charge >= 0.3 is 0 Å². The first-order valence-corrected chi connectivity index (χ1v) is 13.4. The Morgan fingerprint density at radius 2 is 1.88 bits per heavy atom. The maximum absolute atomic E-state index is 13.2. The van der Waals surface area contributed by atoms with Crippen LogP contribution in [0.4, 0.5) is 5.13 Å². The number of rotatable bonds is 9. The lowest BCUT2D eigenvalue weighted by Crippen LogP contribution is -2.30. The van der Waals surface area contributed by atoms with E-state index in [1.165, 1.54) is 11.3 Å². The van der Waals surface area contributed by atoms with Gasteiger partial charge in [0, 0.05) is 6.42 Å². The average Bonchev–Trinajstić information content (AvgIpc) is 3.42. The zero-order valence-electron chi connectivity index (χ0n) is 18.7. The van der Waals surface area contributed by atoms with E-state index in [-0.39, 0.29) is 36.8 Å². The molecule has 0 aliphatic rings. The van der Waals surface area contributed by atoms with Crippen LogP contribution in [0.15, 0.2) is 65.3 Å². The Bertz CT molecular complexity index is 1340. The van der Waals surface area contributed by atoms with Gasteiger partial charge in [-0.05, 0) is 55.2 Å². The highest BCUT2D eigenvalue weighted by Crippen LogP contribution is 2.33. The lowest BCUT2D eigenvalue weighted by Gasteiger charge is -2.18. The van der Waals surface area contributed by atoms with Gasteiger partial charge in [-0.3, -0.25) is 9.69 Å². The molecule has 0 unspecified atom stereocenters. The van der Waals surface area contributed by atoms with Crippen molar-refractivity contribution in [1.82, 2.24) is 4.98 Å². The van der Waals surface area contributed by atoms with Crippen molar-refractivity contribution in [2.24, 2.45) is 0 Å². The lowest BCUT2D eigenvalue weighted by molar-refractivity contribution is -0.118. The summed E-state index contributed by atoms with van der Waals surface area (Å²) in [6, 6.07) is 16.8. The van der Waals surface area contributed by atoms with Gasteiger partial charge < -0.3 is 4.42 Å². The number of hydrogen-bond donors (Lipinski definition) is 0. The topological polar surface area (TPSA) is 80.5 Å². The first kappa shape index (κ1) is 23.2. The molecular weight excluding hydrogens is 456 g/mol. The summed E-state index contributed by atoms with van der Waals surface area (Å²) < 4.78 is 31.5. The Labute approximate surface area is 197 Å². The lowest BCUT2D eigenvalue weighted by atomic mass is 10.1. The summed E-state index contributed by atoms with van der Waals surface area (Å²) in [4.78, 5) is 19.5. The predicted octanol–water partition coefficient (Wildman–Crippen LogP) is 5.43. The number of anilines is 1. The van der Waals surface area contributed by atoms with E-state index in [0.717, 1.165) is 26.9 Å². The van der Waals surface area contributed by atoms with Crippen molar-refractivity contribution >= 4 is 42.4 Å². The van der Waals surface area contributed by atoms with E-state index < -0.39 is 9.84 Å². The van der Waals surface area contributed by atoms with Crippen LogP contribution in [0.1, 0.15) is 35.3 Å². The van der Waals surface area contributed by atoms with Crippen LogP contribution in [0.3, 0.4) is 0 Å². The number of thiazole rings is 1. The highest BCUT2D eigenvalue weighted by molar-refractivity contribution is 7.90. The number of amides is 1. The molecule has 0 N–H and O–H groups in total. The minimum absolute atomic E-state index is 0.0192. The summed E-state index contributed by atoms with van der Waals surface area (Å²) in [5.41, 5.74) is 3.83. The van der Waals surface area contributed by atoms with Crippen LogP contribution >= 0.6 is 11.3 Å². The molecule has 0 saturated carbocycles. The van der Waals surface area contributed by atoms with E-state index in [1.54, 1.807) is 29.4 Å². The molecule has 1 amide bonds. The van der Waals surface area contributed by atoms with Crippen LogP contribution in [0.25, 0.3) is 10.2 Å². The van der Waals surface area contributed by atoms with Gasteiger partial charge in [0.15, 0.2) is 15.0 Å². The zero-order valence-corrected chi connectivity index (χ0v) is 20.3. The van der Waals surface area contributed by atoms with Gasteiger partial charge in [-0.15, -0.1) is 0 Å². The molecule has 172 valence electrons. The third-order valence-corrected chi connectivity index (χ3v) is 8.03. The van der Waals surface area contributed by atoms with Gasteiger partial charge in [-0.2, -0.15) is 0 Å². The quantitative estimate of drug-likeness (QED) is 0.318. The molecule has 2 aromatic carbocycles. The van der Waals surface area contributed by atoms with Crippen molar-refractivity contribution in [3.8, 4) is 0 Å². The van der Waals surface area contributed by atoms with Gasteiger partial charge in [0.2, 0.25) is 5.91 Å². The Kier molecular flexibility index (Phi) is 6.95. The number of fused-ring (bicyclic) bond motifs is 1. The molecule has 0 saturated heterocycles. The van der Waals surface area contributed by atoms with Crippen molar-refractivity contribution in [3.05, 3.63) is 83.3 Å². The number of aromatic nitrogens is 1. The zero-order chi connectivity index (χ0) is 23.4. The number of furan rings is 1. The van der Waals surface area contributed by atoms with Crippen molar-refractivity contribution in [2.75, 3.05) is 10.7 Å². The molecule has 33 heavy (non-hydrogen) atoms. The minimum atomic E-state index is -3.30. The first-order chi connectivity index (χ1) is 15.8. The van der Waals surface area contributed by atoms with Crippen molar-refractivity contribution in [2.45, 2.75) is 39.0 Å². The normalized spacial score (nSPS) is 11.7. The molecule has 0 bridgehead atoms. The summed E-state index contributed by atoms with van der Waals surface area (Å²) in [7, 11) is -3.30. The van der Waals surface area contributed by atoms with Gasteiger partial charge in [0.25, 0.3) is 0 Å². The molecule has 0 radical (unpaired) electrons. The predicted molar refractivity (Wildman–Crippen MR) is 132 cm³/mol. The van der Waals surface area contributed by atoms with Crippen LogP contribution in [-0.4, -0.2) is 25.1 Å². The molecular formula is C25H26N2O4S2. The smallest absolute Gasteiger partial charge is 0.229 e. The fraction of sp³-hybridized carbons (Fsp3) is 0.280. The number of hydrogen-bond acceptors (Lipinski definition) is 6. The van der Waals surface area contributed by atoms with E-state index in [4.69, 9.17) is 9.40 Å². The molecule has 0 atom stereocenters. The summed E-state index contributed by atoms with van der Waals surface area (Å²) in [5, 5.41) is 0.590. The van der Waals surface area contributed by atoms with E-state index in [9.17, 15) is 13.2 Å². The third kappa shape index (κ3) is 5.89. The average molecular weight is 483 g/mol. The van der Waals surface area contributed by atoms with Crippen LogP contribution in [-0.2, 0) is 26.9 Å². The fourth-order valence-electron chi connectivity index (χ4n) is 3.77. The summed E-state index contributed by atoms with van der Waals surface area (Å²) in [6.45, 7) is 4.29. The number of aryl methyl sites for hydroxylation is 2. The second-order valence-corrected chi connectivity index (χ2v) is 11.4. The largest absolute Gasteiger partial charge is 0.467 e. The van der Waals surface area contributed by atoms with E-state index in [0.29, 0.717) is 10.9 Å². The Hall–Kier alpha value is -2.97. The second kappa shape index (κ2) is 9.89. The highest BCUT2D eigenvalue weighted by atomic mass is 32.2. The molecule has 4 aromatic rings. The maximum atomic E-state index is 13.2. The van der Waals surface area contributed by atoms with Gasteiger partial charge in [-0.25, -0.2) is 13.4 Å². The van der Waals surface area contributed by atoms with Crippen molar-refractivity contribution in [3.63, 3.8) is 0 Å². The molecule has 0 aliphatic heterocycles. The number of carbonyl (C=O) groups is 1. The maximum Gasteiger partial charge on any atom is 0.229 e. The molecule has 2 heterocycles. The standard InChI is InChI=1S/C25H26N2O4S2/c1-18-14-19(2)24-22(15-18)32-25(26-24)27(16-21-10-6-12-31-21)23(28)11-7-13-33(29,30)17-20-8-4-3-5-9-20/h3-6,8-10,12,14-15H,7,11,13,16-17H2,1-2H3. The van der Waals surface area contributed by atoms with Crippen LogP contribution in [0.2, 0.25) is 0 Å². The molecule has 6 nitrogen and oxygen atoms in total. The monoisotopic (exact) mass is 482 g/mol. The first-order valence-electron chi connectivity index (χ1n) is 10.8. The molecule has 0 fully saturated rings. The number of sulfone groups is 1. The van der Waals surface area contributed by atoms with Gasteiger partial charge in [0.05, 0.1) is 34.5 Å². The fourth-order valence-corrected chi connectivity index (χ4v) is 6.36. The number of benzene rings is 2. The van der Waals surface area contributed by atoms with Crippen molar-refractivity contribution in [1.29, 1.82) is 0 Å². The second-order valence-electron chi connectivity index (χ2n) is 8.17. The Morgan fingerprint density at radius 3 is 2.61 bits per heavy atom. The SMILES string of the molecule is Cc1cc(C)c2nc(N(Cc3ccco3)C(=O)CCCS(=O)(=O)Cc3ccccc3)sc2c1. The van der Waals surface area contributed by atoms with E-state index in [1.807, 2.05) is 38.1 Å². The molecule has 0 aliphatic carbocycles. The van der Waals surface area contributed by atoms with Crippen LogP contribution in [0.5, 0.6) is 0 Å². The molecule has 8 heteroatoms. The Morgan fingerprint density at radius 1 is 1.09 bits per heavy atom. The summed E-state index contributed by atoms with van der Waals surface area (Å²) in [6.07, 6.45) is 1.94. The summed E-state index contributed by atoms with van der Waals surface area (Å²) >= 11 is 1.46. The van der Waals surface area contributed by atoms with Gasteiger partial charge in [-0.1, -0.05) is 47.7 Å². The highest BCUT2D eigenvalue weighted by Gasteiger charge is 2.23. The van der Waals surface area contributed by atoms with E-state index in [2.05, 4.69) is 12.1 Å². The van der Waals surface area contributed by atoms with Crippen LogP contribution in [0, 0.1) is 13.8 Å². The van der Waals surface area contributed by atoms with Gasteiger partial charge in [0.1, 0.15) is 5.76 Å². The summed E-state index contributed by atoms with van der Waals surface area (Å²) in [5.74, 6) is 0.414. The third-order valence-electron chi connectivity index (χ3n) is 5.32. The molecule has 0 spiro atoms. The van der Waals surface area contributed by atoms with Crippen molar-refractivity contribution < 1.29 is 17.6 Å². The number of carbonyl (C=O) groups excluding carboxylic acids is 1. The van der Waals surface area contributed by atoms with Crippen LogP contribution < -0.4 is 4.90 Å². The Balaban J connectivity index is 1.49. The molecule has 4 rings (SSSR count). The number of nitrogens with zero attached hydrogens (tertiary/aromatic N) is 2. The molecule has 2 aromatic heterocycles. The minimum Gasteiger partial charge on any atom is -0.467 e.